The van der Waals surface area contributed by atoms with Gasteiger partial charge in [-0.2, -0.15) is 0 Å². The molecule has 0 aliphatic rings. The average molecular weight is 274 g/mol. The minimum Gasteiger partial charge on any atom is -0.508 e. The Morgan fingerprint density at radius 2 is 1.90 bits per heavy atom. The molecule has 0 radical (unpaired) electrons. The van der Waals surface area contributed by atoms with Crippen LogP contribution in [0.25, 0.3) is 21.9 Å². The van der Waals surface area contributed by atoms with Gasteiger partial charge in [-0.25, -0.2) is 0 Å². The highest BCUT2D eigenvalue weighted by molar-refractivity contribution is 5.96. The first-order valence-electron chi connectivity index (χ1n) is 5.71. The van der Waals surface area contributed by atoms with Crippen LogP contribution in [-0.2, 0) is 0 Å². The maximum atomic E-state index is 12.3. The highest BCUT2D eigenvalue weighted by atomic mass is 16.5. The van der Waals surface area contributed by atoms with Gasteiger partial charge < -0.3 is 24.5 Å². The fourth-order valence-corrected chi connectivity index (χ4v) is 2.14. The van der Waals surface area contributed by atoms with Gasteiger partial charge in [-0.05, 0) is 12.1 Å². The third-order valence-electron chi connectivity index (χ3n) is 3.06. The lowest BCUT2D eigenvalue weighted by molar-refractivity contribution is 0.372. The highest BCUT2D eigenvalue weighted by Crippen LogP contribution is 2.36. The molecular formula is C14H10O6. The largest absolute Gasteiger partial charge is 0.508 e. The maximum Gasteiger partial charge on any atom is 0.204 e. The lowest BCUT2D eigenvalue weighted by Crippen LogP contribution is -2.02. The Morgan fingerprint density at radius 1 is 1.15 bits per heavy atom. The average Bonchev–Trinajstić information content (AvgIpc) is 2.39. The van der Waals surface area contributed by atoms with E-state index in [1.54, 1.807) is 0 Å². The number of ether oxygens (including phenoxy) is 1. The second kappa shape index (κ2) is 4.06. The number of fused-ring (bicyclic) bond motifs is 2. The Morgan fingerprint density at radius 3 is 2.60 bits per heavy atom. The van der Waals surface area contributed by atoms with E-state index < -0.39 is 5.43 Å². The second-order valence-electron chi connectivity index (χ2n) is 4.26. The monoisotopic (exact) mass is 274 g/mol. The van der Waals surface area contributed by atoms with Gasteiger partial charge in [0.1, 0.15) is 22.5 Å². The molecule has 0 fully saturated rings. The van der Waals surface area contributed by atoms with E-state index in [9.17, 15) is 20.1 Å². The summed E-state index contributed by atoms with van der Waals surface area (Å²) in [6, 6.07) is 5.10. The minimum absolute atomic E-state index is 0.0245. The van der Waals surface area contributed by atoms with Crippen molar-refractivity contribution in [2.75, 3.05) is 7.11 Å². The first kappa shape index (κ1) is 12.2. The van der Waals surface area contributed by atoms with Crippen molar-refractivity contribution >= 4 is 21.9 Å². The molecule has 3 aromatic rings. The molecular weight excluding hydrogens is 264 g/mol. The molecule has 3 rings (SSSR count). The zero-order valence-corrected chi connectivity index (χ0v) is 10.4. The number of rotatable bonds is 1. The predicted molar refractivity (Wildman–Crippen MR) is 71.5 cm³/mol. The van der Waals surface area contributed by atoms with Crippen LogP contribution in [0.4, 0.5) is 0 Å². The number of phenolic OH excluding ortho intramolecular Hbond substituents is 3. The summed E-state index contributed by atoms with van der Waals surface area (Å²) < 4.78 is 10.4. The van der Waals surface area contributed by atoms with E-state index in [0.29, 0.717) is 0 Å². The first-order valence-corrected chi connectivity index (χ1v) is 5.71. The molecule has 6 heteroatoms. The molecule has 0 bridgehead atoms. The van der Waals surface area contributed by atoms with Gasteiger partial charge in [0.15, 0.2) is 11.3 Å². The van der Waals surface area contributed by atoms with Crippen LogP contribution in [0.1, 0.15) is 0 Å². The molecule has 2 aromatic carbocycles. The van der Waals surface area contributed by atoms with Crippen molar-refractivity contribution in [3.05, 3.63) is 34.5 Å². The fourth-order valence-electron chi connectivity index (χ4n) is 2.14. The molecule has 0 aliphatic carbocycles. The van der Waals surface area contributed by atoms with Gasteiger partial charge in [-0.15, -0.1) is 0 Å². The molecule has 0 saturated heterocycles. The molecule has 1 heterocycles. The Bertz CT molecular complexity index is 894. The summed E-state index contributed by atoms with van der Waals surface area (Å²) in [5.41, 5.74) is -0.591. The Balaban J connectivity index is 2.57. The molecule has 20 heavy (non-hydrogen) atoms. The Hall–Kier alpha value is -2.89. The Kier molecular flexibility index (Phi) is 2.47. The second-order valence-corrected chi connectivity index (χ2v) is 4.26. The SMILES string of the molecule is COc1ccc2c(=O)c3c(O)cc(O)cc3oc2c1O. The van der Waals surface area contributed by atoms with E-state index in [2.05, 4.69) is 0 Å². The summed E-state index contributed by atoms with van der Waals surface area (Å²) in [5, 5.41) is 29.2. The van der Waals surface area contributed by atoms with Gasteiger partial charge in [0.25, 0.3) is 0 Å². The van der Waals surface area contributed by atoms with Crippen LogP contribution in [0.15, 0.2) is 33.5 Å². The summed E-state index contributed by atoms with van der Waals surface area (Å²) in [4.78, 5) is 12.3. The predicted octanol–water partition coefficient (Wildman–Crippen LogP) is 2.07. The van der Waals surface area contributed by atoms with Gasteiger partial charge in [-0.3, -0.25) is 4.79 Å². The van der Waals surface area contributed by atoms with Crippen LogP contribution < -0.4 is 10.2 Å². The van der Waals surface area contributed by atoms with E-state index in [1.165, 1.54) is 25.3 Å². The highest BCUT2D eigenvalue weighted by Gasteiger charge is 2.17. The molecule has 3 N–H and O–H groups in total. The summed E-state index contributed by atoms with van der Waals surface area (Å²) in [5.74, 6) is -0.790. The summed E-state index contributed by atoms with van der Waals surface area (Å²) >= 11 is 0. The maximum absolute atomic E-state index is 12.3. The number of phenols is 3. The zero-order valence-electron chi connectivity index (χ0n) is 10.4. The van der Waals surface area contributed by atoms with E-state index >= 15 is 0 Å². The summed E-state index contributed by atoms with van der Waals surface area (Å²) in [6.45, 7) is 0. The molecule has 0 atom stereocenters. The van der Waals surface area contributed by atoms with Gasteiger partial charge in [-0.1, -0.05) is 0 Å². The van der Waals surface area contributed by atoms with Crippen LogP contribution in [0.2, 0.25) is 0 Å². The van der Waals surface area contributed by atoms with Crippen LogP contribution in [-0.4, -0.2) is 22.4 Å². The van der Waals surface area contributed by atoms with E-state index in [0.717, 1.165) is 6.07 Å². The van der Waals surface area contributed by atoms with Crippen molar-refractivity contribution in [3.8, 4) is 23.0 Å². The molecule has 102 valence electrons. The van der Waals surface area contributed by atoms with Crippen LogP contribution in [0, 0.1) is 0 Å². The first-order chi connectivity index (χ1) is 9.52. The normalized spacial score (nSPS) is 11.1. The third kappa shape index (κ3) is 1.55. The smallest absolute Gasteiger partial charge is 0.204 e. The summed E-state index contributed by atoms with van der Waals surface area (Å²) in [7, 11) is 1.37. The minimum atomic E-state index is -0.503. The van der Waals surface area contributed by atoms with Crippen molar-refractivity contribution in [1.29, 1.82) is 0 Å². The number of methoxy groups -OCH3 is 1. The molecule has 1 aromatic heterocycles. The van der Waals surface area contributed by atoms with Crippen LogP contribution in [0.3, 0.4) is 0 Å². The molecule has 0 aliphatic heterocycles. The summed E-state index contributed by atoms with van der Waals surface area (Å²) in [6.07, 6.45) is 0. The lowest BCUT2D eigenvalue weighted by Gasteiger charge is -2.07. The van der Waals surface area contributed by atoms with E-state index in [4.69, 9.17) is 9.15 Å². The van der Waals surface area contributed by atoms with Crippen molar-refractivity contribution in [2.24, 2.45) is 0 Å². The Labute approximate surface area is 112 Å². The van der Waals surface area contributed by atoms with Gasteiger partial charge in [0.05, 0.1) is 12.5 Å². The van der Waals surface area contributed by atoms with E-state index in [1.807, 2.05) is 0 Å². The molecule has 6 nitrogen and oxygen atoms in total. The van der Waals surface area contributed by atoms with Gasteiger partial charge in [0, 0.05) is 12.1 Å². The molecule has 0 saturated carbocycles. The topological polar surface area (TPSA) is 100 Å². The van der Waals surface area contributed by atoms with Crippen molar-refractivity contribution < 1.29 is 24.5 Å². The quantitative estimate of drug-likeness (QED) is 0.587. The number of hydrogen-bond acceptors (Lipinski definition) is 6. The van der Waals surface area contributed by atoms with E-state index in [-0.39, 0.29) is 44.9 Å². The molecule has 0 unspecified atom stereocenters. The van der Waals surface area contributed by atoms with Gasteiger partial charge >= 0.3 is 0 Å². The van der Waals surface area contributed by atoms with Gasteiger partial charge in [0.2, 0.25) is 11.2 Å². The number of hydrogen-bond donors (Lipinski definition) is 3. The van der Waals surface area contributed by atoms with Crippen molar-refractivity contribution in [3.63, 3.8) is 0 Å². The van der Waals surface area contributed by atoms with Crippen LogP contribution >= 0.6 is 0 Å². The van der Waals surface area contributed by atoms with Crippen molar-refractivity contribution in [1.82, 2.24) is 0 Å². The standard InChI is InChI=1S/C14H10O6/c1-19-9-3-2-7-12(17)11-8(16)4-6(15)5-10(11)20-14(7)13(9)18/h2-5,15-16,18H,1H3. The number of benzene rings is 2. The lowest BCUT2D eigenvalue weighted by atomic mass is 10.1. The van der Waals surface area contributed by atoms with Crippen molar-refractivity contribution in [2.45, 2.75) is 0 Å². The van der Waals surface area contributed by atoms with Crippen LogP contribution in [0.5, 0.6) is 23.0 Å². The zero-order chi connectivity index (χ0) is 14.4. The molecule has 0 amide bonds. The third-order valence-corrected chi connectivity index (χ3v) is 3.06. The fraction of sp³-hybridized carbons (Fsp3) is 0.0714. The molecule has 0 spiro atoms. The number of aromatic hydroxyl groups is 3.